The van der Waals surface area contributed by atoms with E-state index in [1.54, 1.807) is 37.7 Å². The van der Waals surface area contributed by atoms with Crippen LogP contribution in [0.25, 0.3) is 11.0 Å². The van der Waals surface area contributed by atoms with E-state index in [1.165, 1.54) is 4.90 Å². The van der Waals surface area contributed by atoms with Crippen LogP contribution in [0.3, 0.4) is 0 Å². The van der Waals surface area contributed by atoms with Crippen molar-refractivity contribution >= 4 is 28.7 Å². The van der Waals surface area contributed by atoms with Gasteiger partial charge in [0, 0.05) is 24.3 Å². The van der Waals surface area contributed by atoms with Gasteiger partial charge in [-0.05, 0) is 51.3 Å². The predicted octanol–water partition coefficient (Wildman–Crippen LogP) is 3.99. The maximum absolute atomic E-state index is 15.0. The van der Waals surface area contributed by atoms with Gasteiger partial charge >= 0.3 is 6.09 Å². The fourth-order valence-electron chi connectivity index (χ4n) is 3.09. The van der Waals surface area contributed by atoms with Gasteiger partial charge in [0.05, 0.1) is 12.6 Å². The fourth-order valence-corrected chi connectivity index (χ4v) is 3.21. The molecule has 6 nitrogen and oxygen atoms in total. The summed E-state index contributed by atoms with van der Waals surface area (Å²) in [5, 5.41) is 0.941. The number of carbonyl (C=O) groups is 1. The lowest BCUT2D eigenvalue weighted by atomic mass is 10.1. The van der Waals surface area contributed by atoms with E-state index in [4.69, 9.17) is 16.3 Å². The van der Waals surface area contributed by atoms with Gasteiger partial charge in [-0.1, -0.05) is 0 Å². The maximum atomic E-state index is 15.0. The Morgan fingerprint density at radius 3 is 2.92 bits per heavy atom. The minimum Gasteiger partial charge on any atom is -0.444 e. The van der Waals surface area contributed by atoms with Crippen LogP contribution in [0, 0.1) is 0 Å². The monoisotopic (exact) mass is 368 g/mol. The summed E-state index contributed by atoms with van der Waals surface area (Å²) < 4.78 is 22.2. The van der Waals surface area contributed by atoms with Gasteiger partial charge in [-0.25, -0.2) is 14.2 Å². The highest BCUT2D eigenvalue weighted by Gasteiger charge is 2.33. The number of carbonyl (C=O) groups excluding carboxylic acids is 1. The molecule has 1 saturated heterocycles. The summed E-state index contributed by atoms with van der Waals surface area (Å²) in [6.07, 6.45) is 3.01. The molecule has 0 aliphatic carbocycles. The molecule has 3 rings (SSSR count). The third-order valence-electron chi connectivity index (χ3n) is 4.18. The first-order valence-electron chi connectivity index (χ1n) is 8.36. The predicted molar refractivity (Wildman–Crippen MR) is 93.5 cm³/mol. The van der Waals surface area contributed by atoms with Gasteiger partial charge in [0.25, 0.3) is 0 Å². The molecule has 3 heterocycles. The summed E-state index contributed by atoms with van der Waals surface area (Å²) in [7, 11) is 0. The SMILES string of the molecule is CC(C)(C)OC(=O)N1CCC[C@H](n2ccc3cnc(Cl)nc32)[C@H](F)C1. The van der Waals surface area contributed by atoms with Crippen molar-refractivity contribution in [3.63, 3.8) is 0 Å². The van der Waals surface area contributed by atoms with Crippen molar-refractivity contribution < 1.29 is 13.9 Å². The second-order valence-electron chi connectivity index (χ2n) is 7.29. The molecule has 136 valence electrons. The number of ether oxygens (including phenoxy) is 1. The van der Waals surface area contributed by atoms with Crippen molar-refractivity contribution in [2.75, 3.05) is 13.1 Å². The van der Waals surface area contributed by atoms with E-state index < -0.39 is 23.9 Å². The third kappa shape index (κ3) is 4.03. The van der Waals surface area contributed by atoms with Crippen LogP contribution < -0.4 is 0 Å². The maximum Gasteiger partial charge on any atom is 0.410 e. The molecule has 2 atom stereocenters. The number of fused-ring (bicyclic) bond motifs is 1. The van der Waals surface area contributed by atoms with Crippen molar-refractivity contribution in [3.05, 3.63) is 23.7 Å². The molecule has 1 aliphatic heterocycles. The Kier molecular flexibility index (Phi) is 4.86. The average molecular weight is 369 g/mol. The van der Waals surface area contributed by atoms with E-state index in [-0.39, 0.29) is 11.8 Å². The molecule has 1 fully saturated rings. The number of alkyl halides is 1. The second kappa shape index (κ2) is 6.78. The molecule has 25 heavy (non-hydrogen) atoms. The Morgan fingerprint density at radius 1 is 1.44 bits per heavy atom. The lowest BCUT2D eigenvalue weighted by Gasteiger charge is -2.27. The quantitative estimate of drug-likeness (QED) is 0.714. The topological polar surface area (TPSA) is 60.2 Å². The Labute approximate surface area is 150 Å². The number of rotatable bonds is 1. The van der Waals surface area contributed by atoms with Gasteiger partial charge in [0.1, 0.15) is 17.4 Å². The van der Waals surface area contributed by atoms with E-state index in [0.717, 1.165) is 5.39 Å². The van der Waals surface area contributed by atoms with Gasteiger partial charge in [0.15, 0.2) is 0 Å². The number of hydrogen-bond acceptors (Lipinski definition) is 4. The first kappa shape index (κ1) is 17.9. The van der Waals surface area contributed by atoms with E-state index in [0.29, 0.717) is 25.0 Å². The van der Waals surface area contributed by atoms with E-state index in [1.807, 2.05) is 6.07 Å². The van der Waals surface area contributed by atoms with Gasteiger partial charge < -0.3 is 14.2 Å². The summed E-state index contributed by atoms with van der Waals surface area (Å²) >= 11 is 5.88. The van der Waals surface area contributed by atoms with Crippen molar-refractivity contribution in [3.8, 4) is 0 Å². The number of aromatic nitrogens is 3. The molecule has 0 spiro atoms. The van der Waals surface area contributed by atoms with Crippen molar-refractivity contribution in [1.29, 1.82) is 0 Å². The zero-order valence-corrected chi connectivity index (χ0v) is 15.3. The van der Waals surface area contributed by atoms with Gasteiger partial charge in [-0.2, -0.15) is 4.98 Å². The average Bonchev–Trinajstić information content (AvgIpc) is 2.80. The van der Waals surface area contributed by atoms with Crippen LogP contribution >= 0.6 is 11.6 Å². The van der Waals surface area contributed by atoms with E-state index in [9.17, 15) is 9.18 Å². The number of nitrogens with zero attached hydrogens (tertiary/aromatic N) is 4. The Balaban J connectivity index is 1.80. The molecule has 0 radical (unpaired) electrons. The number of hydrogen-bond donors (Lipinski definition) is 0. The molecule has 2 aromatic heterocycles. The minimum absolute atomic E-state index is 0.00192. The summed E-state index contributed by atoms with van der Waals surface area (Å²) in [4.78, 5) is 21.9. The Morgan fingerprint density at radius 2 is 2.20 bits per heavy atom. The van der Waals surface area contributed by atoms with E-state index >= 15 is 0 Å². The van der Waals surface area contributed by atoms with Crippen LogP contribution in [0.15, 0.2) is 18.5 Å². The molecular formula is C17H22ClFN4O2. The standard InChI is InChI=1S/C17H22ClFN4O2/c1-17(2,3)25-16(24)22-7-4-5-13(12(19)10-22)23-8-6-11-9-20-15(18)21-14(11)23/h6,8-9,12-13H,4-5,7,10H2,1-3H3/t12-,13+/m1/s1. The molecule has 8 heteroatoms. The Bertz CT molecular complexity index is 774. The summed E-state index contributed by atoms with van der Waals surface area (Å²) in [6, 6.07) is 1.44. The van der Waals surface area contributed by atoms with Crippen LogP contribution in [-0.4, -0.2) is 50.4 Å². The highest BCUT2D eigenvalue weighted by Crippen LogP contribution is 2.30. The smallest absolute Gasteiger partial charge is 0.410 e. The number of amides is 1. The molecule has 0 bridgehead atoms. The zero-order chi connectivity index (χ0) is 18.2. The highest BCUT2D eigenvalue weighted by atomic mass is 35.5. The first-order chi connectivity index (χ1) is 11.7. The first-order valence-corrected chi connectivity index (χ1v) is 8.73. The zero-order valence-electron chi connectivity index (χ0n) is 14.6. The van der Waals surface area contributed by atoms with Crippen LogP contribution in [0.1, 0.15) is 39.7 Å². The summed E-state index contributed by atoms with van der Waals surface area (Å²) in [5.41, 5.74) is 0.0113. The second-order valence-corrected chi connectivity index (χ2v) is 7.63. The summed E-state index contributed by atoms with van der Waals surface area (Å²) in [6.45, 7) is 5.87. The van der Waals surface area contributed by atoms with Gasteiger partial charge in [-0.15, -0.1) is 0 Å². The molecule has 0 saturated carbocycles. The lowest BCUT2D eigenvalue weighted by molar-refractivity contribution is 0.0211. The number of halogens is 2. The molecule has 2 aromatic rings. The molecule has 1 amide bonds. The van der Waals surface area contributed by atoms with Crippen molar-refractivity contribution in [2.45, 2.75) is 51.4 Å². The minimum atomic E-state index is -1.22. The van der Waals surface area contributed by atoms with Crippen LogP contribution in [0.2, 0.25) is 5.28 Å². The molecular weight excluding hydrogens is 347 g/mol. The largest absolute Gasteiger partial charge is 0.444 e. The van der Waals surface area contributed by atoms with Crippen LogP contribution in [0.5, 0.6) is 0 Å². The molecule has 0 aromatic carbocycles. The van der Waals surface area contributed by atoms with Crippen molar-refractivity contribution in [1.82, 2.24) is 19.4 Å². The van der Waals surface area contributed by atoms with Gasteiger partial charge in [0.2, 0.25) is 5.28 Å². The molecule has 1 aliphatic rings. The normalized spacial score (nSPS) is 22.0. The van der Waals surface area contributed by atoms with Crippen molar-refractivity contribution in [2.24, 2.45) is 0 Å². The summed E-state index contributed by atoms with van der Waals surface area (Å²) in [5.74, 6) is 0. The van der Waals surface area contributed by atoms with Crippen LogP contribution in [0.4, 0.5) is 9.18 Å². The fraction of sp³-hybridized carbons (Fsp3) is 0.588. The third-order valence-corrected chi connectivity index (χ3v) is 4.36. The van der Waals surface area contributed by atoms with Gasteiger partial charge in [-0.3, -0.25) is 0 Å². The Hall–Kier alpha value is -1.89. The molecule has 0 N–H and O–H groups in total. The highest BCUT2D eigenvalue weighted by molar-refractivity contribution is 6.28. The van der Waals surface area contributed by atoms with Crippen LogP contribution in [-0.2, 0) is 4.74 Å². The molecule has 0 unspecified atom stereocenters. The number of likely N-dealkylation sites (tertiary alicyclic amines) is 1. The lowest BCUT2D eigenvalue weighted by Crippen LogP contribution is -2.40. The van der Waals surface area contributed by atoms with E-state index in [2.05, 4.69) is 9.97 Å².